The van der Waals surface area contributed by atoms with Gasteiger partial charge in [-0.25, -0.2) is 0 Å². The number of hydrogen-bond acceptors (Lipinski definition) is 2. The van der Waals surface area contributed by atoms with Crippen LogP contribution in [0.5, 0.6) is 0 Å². The second-order valence-corrected chi connectivity index (χ2v) is 5.49. The fourth-order valence-electron chi connectivity index (χ4n) is 2.48. The third kappa shape index (κ3) is 5.04. The van der Waals surface area contributed by atoms with E-state index in [1.165, 1.54) is 0 Å². The van der Waals surface area contributed by atoms with Gasteiger partial charge in [0.2, 0.25) is 0 Å². The molecule has 2 aromatic carbocycles. The van der Waals surface area contributed by atoms with Crippen LogP contribution in [0.3, 0.4) is 0 Å². The zero-order valence-electron chi connectivity index (χ0n) is 13.8. The van der Waals surface area contributed by atoms with Gasteiger partial charge in [0.05, 0.1) is 0 Å². The quantitative estimate of drug-likeness (QED) is 0.836. The highest BCUT2D eigenvalue weighted by atomic mass is 16.1. The molecule has 0 spiro atoms. The Morgan fingerprint density at radius 2 is 1.09 bits per heavy atom. The molecule has 0 unspecified atom stereocenters. The topological polar surface area (TPSA) is 29.1 Å². The van der Waals surface area contributed by atoms with Gasteiger partial charge in [0, 0.05) is 11.1 Å². The first-order valence-corrected chi connectivity index (χ1v) is 7.89. The molecule has 0 saturated heterocycles. The lowest BCUT2D eigenvalue weighted by Gasteiger charge is -1.97. The Morgan fingerprint density at radius 3 is 1.43 bits per heavy atom. The maximum absolute atomic E-state index is 12.4. The van der Waals surface area contributed by atoms with Gasteiger partial charge in [-0.15, -0.1) is 0 Å². The Hall–Kier alpha value is -2.45. The van der Waals surface area contributed by atoms with E-state index in [0.29, 0.717) is 0 Å². The van der Waals surface area contributed by atoms with Crippen molar-refractivity contribution < 1.29 is 4.79 Å². The van der Waals surface area contributed by atoms with Crippen LogP contribution in [-0.2, 0) is 4.79 Å². The standard InChI is InChI=1S/C19H16O.C2H7N/c20-19-17(13-15-7-3-1-4-8-15)11-12-18(19)14-16-9-5-2-6-10-16;1-3-2/h1-10,13-14H,11-12H2;3H,1-2H3. The minimum absolute atomic E-state index is 0.192. The summed E-state index contributed by atoms with van der Waals surface area (Å²) in [5.41, 5.74) is 4.02. The van der Waals surface area contributed by atoms with Crippen LogP contribution in [0.15, 0.2) is 71.8 Å². The molecular weight excluding hydrogens is 282 g/mol. The molecule has 3 rings (SSSR count). The predicted molar refractivity (Wildman–Crippen MR) is 98.1 cm³/mol. The molecule has 2 aromatic rings. The molecule has 1 aliphatic carbocycles. The van der Waals surface area contributed by atoms with Gasteiger partial charge in [0.1, 0.15) is 0 Å². The molecule has 0 radical (unpaired) electrons. The predicted octanol–water partition coefficient (Wildman–Crippen LogP) is 4.35. The highest BCUT2D eigenvalue weighted by Crippen LogP contribution is 2.29. The number of allylic oxidation sites excluding steroid dienone is 2. The van der Waals surface area contributed by atoms with Gasteiger partial charge < -0.3 is 5.32 Å². The largest absolute Gasteiger partial charge is 0.323 e. The van der Waals surface area contributed by atoms with Gasteiger partial charge in [0.25, 0.3) is 0 Å². The molecule has 1 fully saturated rings. The maximum Gasteiger partial charge on any atom is 0.185 e. The normalized spacial score (nSPS) is 17.2. The monoisotopic (exact) mass is 305 g/mol. The molecule has 23 heavy (non-hydrogen) atoms. The summed E-state index contributed by atoms with van der Waals surface area (Å²) in [4.78, 5) is 12.4. The Labute approximate surface area is 138 Å². The van der Waals surface area contributed by atoms with Crippen molar-refractivity contribution in [3.05, 3.63) is 82.9 Å². The van der Waals surface area contributed by atoms with Crippen LogP contribution in [0.2, 0.25) is 0 Å². The van der Waals surface area contributed by atoms with Gasteiger partial charge in [-0.2, -0.15) is 0 Å². The highest BCUT2D eigenvalue weighted by Gasteiger charge is 2.22. The first-order chi connectivity index (χ1) is 11.2. The molecule has 1 saturated carbocycles. The lowest BCUT2D eigenvalue weighted by atomic mass is 10.1. The van der Waals surface area contributed by atoms with Gasteiger partial charge in [0.15, 0.2) is 5.78 Å². The van der Waals surface area contributed by atoms with Crippen LogP contribution in [0.4, 0.5) is 0 Å². The average Bonchev–Trinajstić information content (AvgIpc) is 2.91. The second kappa shape index (κ2) is 8.86. The van der Waals surface area contributed by atoms with E-state index in [-0.39, 0.29) is 5.78 Å². The van der Waals surface area contributed by atoms with E-state index in [1.807, 2.05) is 86.9 Å². The number of nitrogens with one attached hydrogen (secondary N) is 1. The summed E-state index contributed by atoms with van der Waals surface area (Å²) in [7, 11) is 3.75. The van der Waals surface area contributed by atoms with E-state index in [2.05, 4.69) is 5.32 Å². The van der Waals surface area contributed by atoms with Crippen LogP contribution in [0, 0.1) is 0 Å². The van der Waals surface area contributed by atoms with E-state index in [9.17, 15) is 4.79 Å². The van der Waals surface area contributed by atoms with Crippen molar-refractivity contribution in [2.45, 2.75) is 12.8 Å². The lowest BCUT2D eigenvalue weighted by molar-refractivity contribution is -0.111. The first kappa shape index (κ1) is 16.9. The maximum atomic E-state index is 12.4. The smallest absolute Gasteiger partial charge is 0.185 e. The van der Waals surface area contributed by atoms with Crippen LogP contribution in [0.25, 0.3) is 12.2 Å². The molecular formula is C21H23NO. The number of ketones is 1. The van der Waals surface area contributed by atoms with Gasteiger partial charge in [-0.05, 0) is 50.2 Å². The molecule has 1 aliphatic rings. The van der Waals surface area contributed by atoms with E-state index < -0.39 is 0 Å². The summed E-state index contributed by atoms with van der Waals surface area (Å²) >= 11 is 0. The number of hydrogen-bond donors (Lipinski definition) is 1. The van der Waals surface area contributed by atoms with Crippen molar-refractivity contribution in [3.8, 4) is 0 Å². The zero-order chi connectivity index (χ0) is 16.5. The van der Waals surface area contributed by atoms with Crippen molar-refractivity contribution in [2.24, 2.45) is 0 Å². The Balaban J connectivity index is 0.000000595. The minimum Gasteiger partial charge on any atom is -0.323 e. The molecule has 0 aliphatic heterocycles. The van der Waals surface area contributed by atoms with Gasteiger partial charge in [-0.1, -0.05) is 60.7 Å². The Morgan fingerprint density at radius 1 is 0.739 bits per heavy atom. The van der Waals surface area contributed by atoms with Crippen LogP contribution < -0.4 is 5.32 Å². The van der Waals surface area contributed by atoms with Crippen LogP contribution >= 0.6 is 0 Å². The van der Waals surface area contributed by atoms with Crippen molar-refractivity contribution in [3.63, 3.8) is 0 Å². The summed E-state index contributed by atoms with van der Waals surface area (Å²) < 4.78 is 0. The number of carbonyl (C=O) groups is 1. The zero-order valence-corrected chi connectivity index (χ0v) is 13.8. The number of carbonyl (C=O) groups excluding carboxylic acids is 1. The summed E-state index contributed by atoms with van der Waals surface area (Å²) in [5.74, 6) is 0.192. The lowest BCUT2D eigenvalue weighted by Crippen LogP contribution is -1.95. The fourth-order valence-corrected chi connectivity index (χ4v) is 2.48. The van der Waals surface area contributed by atoms with Crippen molar-refractivity contribution in [1.29, 1.82) is 0 Å². The summed E-state index contributed by atoms with van der Waals surface area (Å²) in [6, 6.07) is 20.0. The first-order valence-electron chi connectivity index (χ1n) is 7.89. The van der Waals surface area contributed by atoms with Gasteiger partial charge >= 0.3 is 0 Å². The van der Waals surface area contributed by atoms with Crippen LogP contribution in [-0.4, -0.2) is 19.9 Å². The Bertz CT molecular complexity index is 625. The number of rotatable bonds is 2. The number of Topliss-reactive ketones (excluding diaryl/α,β-unsaturated/α-hetero) is 1. The average molecular weight is 305 g/mol. The van der Waals surface area contributed by atoms with E-state index in [1.54, 1.807) is 0 Å². The molecule has 0 aromatic heterocycles. The summed E-state index contributed by atoms with van der Waals surface area (Å²) in [6.07, 6.45) is 5.70. The van der Waals surface area contributed by atoms with Gasteiger partial charge in [-0.3, -0.25) is 4.79 Å². The number of benzene rings is 2. The molecule has 0 atom stereocenters. The van der Waals surface area contributed by atoms with E-state index in [0.717, 1.165) is 35.1 Å². The SMILES string of the molecule is CNC.O=C1C(=Cc2ccccc2)CCC1=Cc1ccccc1. The highest BCUT2D eigenvalue weighted by molar-refractivity contribution is 6.15. The third-order valence-corrected chi connectivity index (χ3v) is 3.53. The van der Waals surface area contributed by atoms with E-state index in [4.69, 9.17) is 0 Å². The third-order valence-electron chi connectivity index (χ3n) is 3.53. The second-order valence-electron chi connectivity index (χ2n) is 5.49. The van der Waals surface area contributed by atoms with Crippen molar-refractivity contribution >= 4 is 17.9 Å². The van der Waals surface area contributed by atoms with Crippen molar-refractivity contribution in [2.75, 3.05) is 14.1 Å². The van der Waals surface area contributed by atoms with Crippen LogP contribution in [0.1, 0.15) is 24.0 Å². The molecule has 118 valence electrons. The van der Waals surface area contributed by atoms with Crippen molar-refractivity contribution in [1.82, 2.24) is 5.32 Å². The molecule has 2 heteroatoms. The summed E-state index contributed by atoms with van der Waals surface area (Å²) in [6.45, 7) is 0. The Kier molecular flexibility index (Phi) is 6.52. The molecule has 2 nitrogen and oxygen atoms in total. The minimum atomic E-state index is 0.192. The fraction of sp³-hybridized carbons (Fsp3) is 0.190. The molecule has 0 heterocycles. The molecule has 1 N–H and O–H groups in total. The van der Waals surface area contributed by atoms with E-state index >= 15 is 0 Å². The molecule has 0 amide bonds. The summed E-state index contributed by atoms with van der Waals surface area (Å²) in [5, 5.41) is 2.75. The molecule has 0 bridgehead atoms.